The number of benzene rings is 1. The van der Waals surface area contributed by atoms with E-state index in [1.807, 2.05) is 36.4 Å². The lowest BCUT2D eigenvalue weighted by Gasteiger charge is -2.07. The molecule has 0 amide bonds. The predicted octanol–water partition coefficient (Wildman–Crippen LogP) is 4.03. The van der Waals surface area contributed by atoms with Crippen molar-refractivity contribution in [3.63, 3.8) is 0 Å². The van der Waals surface area contributed by atoms with Crippen LogP contribution >= 0.6 is 27.3 Å². The van der Waals surface area contributed by atoms with E-state index >= 15 is 0 Å². The standard InChI is InChI=1S/C13H11BrN2OS/c14-13-5-4-12(18-13)9-16-10-2-1-3-11(8-10)17-7-6-15/h1-5,8,16H,7,9H2. The molecule has 0 aliphatic carbocycles. The van der Waals surface area contributed by atoms with Crippen LogP contribution in [0.4, 0.5) is 5.69 Å². The van der Waals surface area contributed by atoms with Crippen LogP contribution in [0.15, 0.2) is 40.2 Å². The zero-order chi connectivity index (χ0) is 12.8. The van der Waals surface area contributed by atoms with Crippen LogP contribution in [0.25, 0.3) is 0 Å². The lowest BCUT2D eigenvalue weighted by atomic mass is 10.3. The van der Waals surface area contributed by atoms with E-state index in [0.717, 1.165) is 16.0 Å². The normalized spacial score (nSPS) is 9.78. The van der Waals surface area contributed by atoms with E-state index in [0.29, 0.717) is 5.75 Å². The third kappa shape index (κ3) is 3.76. The second-order valence-corrected chi connectivity index (χ2v) is 6.08. The van der Waals surface area contributed by atoms with Crippen molar-refractivity contribution in [3.8, 4) is 11.8 Å². The Morgan fingerprint density at radius 1 is 1.33 bits per heavy atom. The molecule has 0 aliphatic heterocycles. The zero-order valence-electron chi connectivity index (χ0n) is 9.52. The smallest absolute Gasteiger partial charge is 0.174 e. The summed E-state index contributed by atoms with van der Waals surface area (Å²) in [5.41, 5.74) is 0.981. The van der Waals surface area contributed by atoms with Crippen molar-refractivity contribution < 1.29 is 4.74 Å². The Morgan fingerprint density at radius 2 is 2.22 bits per heavy atom. The van der Waals surface area contributed by atoms with Gasteiger partial charge < -0.3 is 10.1 Å². The van der Waals surface area contributed by atoms with Crippen LogP contribution in [-0.4, -0.2) is 6.61 Å². The van der Waals surface area contributed by atoms with Gasteiger partial charge in [0.2, 0.25) is 0 Å². The summed E-state index contributed by atoms with van der Waals surface area (Å²) in [4.78, 5) is 1.25. The minimum absolute atomic E-state index is 0.0708. The van der Waals surface area contributed by atoms with E-state index in [2.05, 4.69) is 27.3 Å². The monoisotopic (exact) mass is 322 g/mol. The fraction of sp³-hybridized carbons (Fsp3) is 0.154. The maximum atomic E-state index is 8.46. The number of rotatable bonds is 5. The van der Waals surface area contributed by atoms with Gasteiger partial charge in [-0.15, -0.1) is 11.3 Å². The van der Waals surface area contributed by atoms with Gasteiger partial charge in [0.05, 0.1) is 3.79 Å². The molecule has 1 aromatic heterocycles. The van der Waals surface area contributed by atoms with E-state index < -0.39 is 0 Å². The van der Waals surface area contributed by atoms with E-state index in [1.54, 1.807) is 11.3 Å². The van der Waals surface area contributed by atoms with Gasteiger partial charge in [0.25, 0.3) is 0 Å². The van der Waals surface area contributed by atoms with Gasteiger partial charge in [-0.25, -0.2) is 0 Å². The van der Waals surface area contributed by atoms with Gasteiger partial charge in [0, 0.05) is 23.2 Å². The van der Waals surface area contributed by atoms with Crippen LogP contribution in [0.1, 0.15) is 4.88 Å². The summed E-state index contributed by atoms with van der Waals surface area (Å²) in [5.74, 6) is 0.703. The SMILES string of the molecule is N#CCOc1cccc(NCc2ccc(Br)s2)c1. The quantitative estimate of drug-likeness (QED) is 0.904. The number of nitriles is 1. The number of nitrogens with zero attached hydrogens (tertiary/aromatic N) is 1. The Balaban J connectivity index is 1.95. The topological polar surface area (TPSA) is 45.0 Å². The van der Waals surface area contributed by atoms with Crippen molar-refractivity contribution >= 4 is 33.0 Å². The van der Waals surface area contributed by atoms with Crippen molar-refractivity contribution in [2.24, 2.45) is 0 Å². The molecule has 0 aliphatic rings. The molecule has 18 heavy (non-hydrogen) atoms. The summed E-state index contributed by atoms with van der Waals surface area (Å²) in [6.45, 7) is 0.847. The number of hydrogen-bond donors (Lipinski definition) is 1. The third-order valence-electron chi connectivity index (χ3n) is 2.23. The van der Waals surface area contributed by atoms with Gasteiger partial charge in [-0.3, -0.25) is 0 Å². The average Bonchev–Trinajstić information content (AvgIpc) is 2.80. The first-order chi connectivity index (χ1) is 8.78. The summed E-state index contributed by atoms with van der Waals surface area (Å²) in [7, 11) is 0. The first-order valence-electron chi connectivity index (χ1n) is 5.36. The Labute approximate surface area is 118 Å². The molecular weight excluding hydrogens is 312 g/mol. The van der Waals surface area contributed by atoms with E-state index in [-0.39, 0.29) is 6.61 Å². The molecule has 0 saturated heterocycles. The fourth-order valence-electron chi connectivity index (χ4n) is 1.45. The van der Waals surface area contributed by atoms with E-state index in [4.69, 9.17) is 10.00 Å². The molecule has 1 aromatic carbocycles. The molecule has 0 radical (unpaired) electrons. The highest BCUT2D eigenvalue weighted by molar-refractivity contribution is 9.11. The summed E-state index contributed by atoms with van der Waals surface area (Å²) in [6.07, 6.45) is 0. The molecule has 0 unspecified atom stereocenters. The number of nitrogens with one attached hydrogen (secondary N) is 1. The van der Waals surface area contributed by atoms with Crippen LogP contribution in [0.5, 0.6) is 5.75 Å². The molecule has 0 saturated carbocycles. The molecule has 1 heterocycles. The highest BCUT2D eigenvalue weighted by atomic mass is 79.9. The second-order valence-electron chi connectivity index (χ2n) is 3.53. The predicted molar refractivity (Wildman–Crippen MR) is 76.9 cm³/mol. The maximum absolute atomic E-state index is 8.46. The van der Waals surface area contributed by atoms with Crippen molar-refractivity contribution in [1.82, 2.24) is 0 Å². The molecule has 0 bridgehead atoms. The molecule has 0 spiro atoms. The van der Waals surface area contributed by atoms with Crippen LogP contribution in [0.2, 0.25) is 0 Å². The van der Waals surface area contributed by atoms with Gasteiger partial charge in [0.1, 0.15) is 11.8 Å². The minimum Gasteiger partial charge on any atom is -0.479 e. The van der Waals surface area contributed by atoms with Crippen LogP contribution < -0.4 is 10.1 Å². The number of anilines is 1. The molecule has 2 aromatic rings. The zero-order valence-corrected chi connectivity index (χ0v) is 11.9. The molecule has 1 N–H and O–H groups in total. The van der Waals surface area contributed by atoms with E-state index in [1.165, 1.54) is 4.88 Å². The Bertz CT molecular complexity index is 562. The minimum atomic E-state index is 0.0708. The van der Waals surface area contributed by atoms with Crippen LogP contribution in [0.3, 0.4) is 0 Å². The van der Waals surface area contributed by atoms with Gasteiger partial charge in [0.15, 0.2) is 6.61 Å². The number of halogens is 1. The second kappa shape index (κ2) is 6.43. The highest BCUT2D eigenvalue weighted by Crippen LogP contribution is 2.23. The Kier molecular flexibility index (Phi) is 4.62. The number of ether oxygens (including phenoxy) is 1. The third-order valence-corrected chi connectivity index (χ3v) is 3.86. The summed E-state index contributed by atoms with van der Waals surface area (Å²) >= 11 is 5.14. The lowest BCUT2D eigenvalue weighted by Crippen LogP contribution is -1.98. The average molecular weight is 323 g/mol. The maximum Gasteiger partial charge on any atom is 0.174 e. The van der Waals surface area contributed by atoms with Gasteiger partial charge in [-0.2, -0.15) is 5.26 Å². The fourth-order valence-corrected chi connectivity index (χ4v) is 2.87. The number of thiophene rings is 1. The van der Waals surface area contributed by atoms with Crippen molar-refractivity contribution in [2.75, 3.05) is 11.9 Å². The largest absolute Gasteiger partial charge is 0.479 e. The molecule has 3 nitrogen and oxygen atoms in total. The van der Waals surface area contributed by atoms with Crippen LogP contribution in [-0.2, 0) is 6.54 Å². The van der Waals surface area contributed by atoms with Crippen molar-refractivity contribution in [1.29, 1.82) is 5.26 Å². The lowest BCUT2D eigenvalue weighted by molar-refractivity contribution is 0.368. The summed E-state index contributed by atoms with van der Waals surface area (Å²) in [5, 5.41) is 11.8. The molecule has 0 fully saturated rings. The van der Waals surface area contributed by atoms with Crippen molar-refractivity contribution in [3.05, 3.63) is 45.1 Å². The molecule has 0 atom stereocenters. The Morgan fingerprint density at radius 3 is 2.94 bits per heavy atom. The van der Waals surface area contributed by atoms with Gasteiger partial charge in [-0.05, 0) is 40.2 Å². The molecule has 5 heteroatoms. The van der Waals surface area contributed by atoms with Crippen LogP contribution in [0, 0.1) is 11.3 Å². The molecule has 2 rings (SSSR count). The molecular formula is C13H11BrN2OS. The summed E-state index contributed by atoms with van der Waals surface area (Å²) < 4.78 is 6.38. The van der Waals surface area contributed by atoms with E-state index in [9.17, 15) is 0 Å². The Hall–Kier alpha value is -1.51. The summed E-state index contributed by atoms with van der Waals surface area (Å²) in [6, 6.07) is 13.7. The van der Waals surface area contributed by atoms with Gasteiger partial charge >= 0.3 is 0 Å². The molecule has 92 valence electrons. The number of hydrogen-bond acceptors (Lipinski definition) is 4. The first-order valence-corrected chi connectivity index (χ1v) is 6.97. The van der Waals surface area contributed by atoms with Crippen molar-refractivity contribution in [2.45, 2.75) is 6.54 Å². The van der Waals surface area contributed by atoms with Gasteiger partial charge in [-0.1, -0.05) is 6.07 Å². The highest BCUT2D eigenvalue weighted by Gasteiger charge is 1.99. The first kappa shape index (κ1) is 12.9.